The van der Waals surface area contributed by atoms with Crippen molar-refractivity contribution in [2.45, 2.75) is 19.4 Å². The molecule has 0 aromatic heterocycles. The molecule has 108 valence electrons. The van der Waals surface area contributed by atoms with Gasteiger partial charge in [0, 0.05) is 17.4 Å². The molecule has 21 heavy (non-hydrogen) atoms. The largest absolute Gasteiger partial charge is 0.399 e. The van der Waals surface area contributed by atoms with Gasteiger partial charge in [0.1, 0.15) is 0 Å². The molecule has 0 aliphatic carbocycles. The molecule has 2 aromatic carbocycles. The van der Waals surface area contributed by atoms with Gasteiger partial charge in [0.25, 0.3) is 5.91 Å². The van der Waals surface area contributed by atoms with E-state index in [1.807, 2.05) is 19.1 Å². The Bertz CT molecular complexity index is 710. The quantitative estimate of drug-likeness (QED) is 0.802. The Labute approximate surface area is 133 Å². The van der Waals surface area contributed by atoms with Crippen LogP contribution in [0.1, 0.15) is 22.8 Å². The molecule has 1 aliphatic heterocycles. The van der Waals surface area contributed by atoms with Crippen molar-refractivity contribution >= 4 is 40.5 Å². The van der Waals surface area contributed by atoms with Crippen LogP contribution in [0, 0.1) is 0 Å². The van der Waals surface area contributed by atoms with Crippen LogP contribution < -0.4 is 10.6 Å². The molecule has 0 spiro atoms. The molecule has 5 heteroatoms. The van der Waals surface area contributed by atoms with Crippen molar-refractivity contribution in [1.82, 2.24) is 0 Å². The van der Waals surface area contributed by atoms with E-state index >= 15 is 0 Å². The normalized spacial score (nSPS) is 16.9. The van der Waals surface area contributed by atoms with Gasteiger partial charge in [-0.1, -0.05) is 29.3 Å². The molecule has 1 unspecified atom stereocenters. The van der Waals surface area contributed by atoms with Crippen LogP contribution in [0.4, 0.5) is 11.4 Å². The summed E-state index contributed by atoms with van der Waals surface area (Å²) < 4.78 is 0. The van der Waals surface area contributed by atoms with E-state index in [1.165, 1.54) is 0 Å². The van der Waals surface area contributed by atoms with Gasteiger partial charge in [0.05, 0.1) is 15.6 Å². The van der Waals surface area contributed by atoms with Crippen LogP contribution in [0.3, 0.4) is 0 Å². The van der Waals surface area contributed by atoms with Gasteiger partial charge in [-0.2, -0.15) is 0 Å². The third kappa shape index (κ3) is 2.37. The number of nitrogens with zero attached hydrogens (tertiary/aromatic N) is 1. The summed E-state index contributed by atoms with van der Waals surface area (Å²) in [6, 6.07) is 10.7. The second-order valence-corrected chi connectivity index (χ2v) is 6.03. The highest BCUT2D eigenvalue weighted by Crippen LogP contribution is 2.36. The minimum Gasteiger partial charge on any atom is -0.399 e. The highest BCUT2D eigenvalue weighted by molar-refractivity contribution is 6.40. The molecule has 0 saturated carbocycles. The molecule has 1 aliphatic rings. The lowest BCUT2D eigenvalue weighted by Crippen LogP contribution is -2.36. The summed E-state index contributed by atoms with van der Waals surface area (Å²) in [7, 11) is 0. The van der Waals surface area contributed by atoms with Crippen LogP contribution in [-0.4, -0.2) is 11.9 Å². The van der Waals surface area contributed by atoms with E-state index in [9.17, 15) is 4.79 Å². The van der Waals surface area contributed by atoms with E-state index in [4.69, 9.17) is 28.9 Å². The highest BCUT2D eigenvalue weighted by atomic mass is 35.5. The zero-order chi connectivity index (χ0) is 15.1. The first-order chi connectivity index (χ1) is 9.99. The number of hydrogen-bond donors (Lipinski definition) is 1. The second kappa shape index (κ2) is 5.24. The maximum Gasteiger partial charge on any atom is 0.261 e. The van der Waals surface area contributed by atoms with E-state index in [1.54, 1.807) is 29.2 Å². The summed E-state index contributed by atoms with van der Waals surface area (Å²) in [5.74, 6) is -0.179. The van der Waals surface area contributed by atoms with Crippen LogP contribution in [0.25, 0.3) is 0 Å². The van der Waals surface area contributed by atoms with Crippen molar-refractivity contribution in [3.8, 4) is 0 Å². The van der Waals surface area contributed by atoms with E-state index in [2.05, 4.69) is 0 Å². The molecular formula is C16H14Cl2N2O. The molecule has 0 bridgehead atoms. The van der Waals surface area contributed by atoms with Crippen molar-refractivity contribution in [1.29, 1.82) is 0 Å². The Morgan fingerprint density at radius 3 is 2.57 bits per heavy atom. The zero-order valence-corrected chi connectivity index (χ0v) is 12.9. The first kappa shape index (κ1) is 14.2. The number of halogens is 2. The van der Waals surface area contributed by atoms with Gasteiger partial charge in [-0.3, -0.25) is 4.79 Å². The highest BCUT2D eigenvalue weighted by Gasteiger charge is 2.33. The number of amides is 1. The van der Waals surface area contributed by atoms with Crippen LogP contribution in [-0.2, 0) is 6.42 Å². The summed E-state index contributed by atoms with van der Waals surface area (Å²) in [6.45, 7) is 2.00. The summed E-state index contributed by atoms with van der Waals surface area (Å²) in [5.41, 5.74) is 8.80. The number of nitrogen functional groups attached to an aromatic ring is 1. The number of hydrogen-bond acceptors (Lipinski definition) is 2. The van der Waals surface area contributed by atoms with Crippen molar-refractivity contribution in [3.63, 3.8) is 0 Å². The molecule has 1 atom stereocenters. The minimum absolute atomic E-state index is 0.0432. The molecule has 0 fully saturated rings. The van der Waals surface area contributed by atoms with Crippen LogP contribution in [0.2, 0.25) is 10.0 Å². The Hall–Kier alpha value is -1.71. The van der Waals surface area contributed by atoms with E-state index < -0.39 is 0 Å². The SMILES string of the molecule is CC1Cc2cc(N)ccc2N1C(=O)c1c(Cl)cccc1Cl. The van der Waals surface area contributed by atoms with Gasteiger partial charge in [-0.25, -0.2) is 0 Å². The van der Waals surface area contributed by atoms with E-state index in [0.717, 1.165) is 17.7 Å². The first-order valence-corrected chi connectivity index (χ1v) is 7.40. The lowest BCUT2D eigenvalue weighted by molar-refractivity contribution is 0.0982. The third-order valence-corrected chi connectivity index (χ3v) is 4.34. The third-order valence-electron chi connectivity index (χ3n) is 3.71. The van der Waals surface area contributed by atoms with Crippen molar-refractivity contribution in [2.75, 3.05) is 10.6 Å². The molecule has 2 aromatic rings. The lowest BCUT2D eigenvalue weighted by Gasteiger charge is -2.23. The smallest absolute Gasteiger partial charge is 0.261 e. The number of benzene rings is 2. The fourth-order valence-corrected chi connectivity index (χ4v) is 3.34. The molecule has 2 N–H and O–H groups in total. The van der Waals surface area contributed by atoms with Gasteiger partial charge < -0.3 is 10.6 Å². The molecule has 1 amide bonds. The van der Waals surface area contributed by atoms with Gasteiger partial charge in [0.2, 0.25) is 0 Å². The number of anilines is 2. The molecule has 0 radical (unpaired) electrons. The average molecular weight is 321 g/mol. The summed E-state index contributed by atoms with van der Waals surface area (Å²) >= 11 is 12.3. The van der Waals surface area contributed by atoms with Gasteiger partial charge >= 0.3 is 0 Å². The molecule has 0 saturated heterocycles. The molecular weight excluding hydrogens is 307 g/mol. The lowest BCUT2D eigenvalue weighted by atomic mass is 10.1. The fourth-order valence-electron chi connectivity index (χ4n) is 2.78. The second-order valence-electron chi connectivity index (χ2n) is 5.21. The van der Waals surface area contributed by atoms with Crippen molar-refractivity contribution < 1.29 is 4.79 Å². The number of nitrogens with two attached hydrogens (primary N) is 1. The van der Waals surface area contributed by atoms with Gasteiger partial charge in [-0.05, 0) is 49.2 Å². The molecule has 3 nitrogen and oxygen atoms in total. The minimum atomic E-state index is -0.179. The number of rotatable bonds is 1. The standard InChI is InChI=1S/C16H14Cl2N2O/c1-9-7-10-8-11(19)5-6-14(10)20(9)16(21)15-12(17)3-2-4-13(15)18/h2-6,8-9H,7,19H2,1H3. The summed E-state index contributed by atoms with van der Waals surface area (Å²) in [4.78, 5) is 14.6. The average Bonchev–Trinajstić information content (AvgIpc) is 2.73. The number of fused-ring (bicyclic) bond motifs is 1. The monoisotopic (exact) mass is 320 g/mol. The van der Waals surface area contributed by atoms with Crippen molar-refractivity contribution in [2.24, 2.45) is 0 Å². The van der Waals surface area contributed by atoms with E-state index in [-0.39, 0.29) is 11.9 Å². The topological polar surface area (TPSA) is 46.3 Å². The molecule has 1 heterocycles. The maximum atomic E-state index is 12.9. The summed E-state index contributed by atoms with van der Waals surface area (Å²) in [5, 5.41) is 0.729. The Balaban J connectivity index is 2.07. The number of carbonyl (C=O) groups excluding carboxylic acids is 1. The van der Waals surface area contributed by atoms with Crippen molar-refractivity contribution in [3.05, 3.63) is 57.6 Å². The van der Waals surface area contributed by atoms with Crippen LogP contribution >= 0.6 is 23.2 Å². The van der Waals surface area contributed by atoms with Crippen LogP contribution in [0.15, 0.2) is 36.4 Å². The predicted molar refractivity (Wildman–Crippen MR) is 87.3 cm³/mol. The van der Waals surface area contributed by atoms with E-state index in [0.29, 0.717) is 21.3 Å². The predicted octanol–water partition coefficient (Wildman–Crippen LogP) is 4.17. The molecule has 3 rings (SSSR count). The van der Waals surface area contributed by atoms with Gasteiger partial charge in [0.15, 0.2) is 0 Å². The Morgan fingerprint density at radius 2 is 1.90 bits per heavy atom. The number of carbonyl (C=O) groups is 1. The van der Waals surface area contributed by atoms with Crippen LogP contribution in [0.5, 0.6) is 0 Å². The van der Waals surface area contributed by atoms with Gasteiger partial charge in [-0.15, -0.1) is 0 Å². The Morgan fingerprint density at radius 1 is 1.24 bits per heavy atom. The maximum absolute atomic E-state index is 12.9. The summed E-state index contributed by atoms with van der Waals surface area (Å²) in [6.07, 6.45) is 0.772. The fraction of sp³-hybridized carbons (Fsp3) is 0.188. The first-order valence-electron chi connectivity index (χ1n) is 6.65. The zero-order valence-electron chi connectivity index (χ0n) is 11.4. The Kier molecular flexibility index (Phi) is 3.56.